The molecule has 0 aromatic heterocycles. The van der Waals surface area contributed by atoms with Crippen LogP contribution in [0, 0.1) is 0 Å². The van der Waals surface area contributed by atoms with Crippen LogP contribution in [0.2, 0.25) is 0 Å². The normalized spacial score (nSPS) is 10.7. The maximum absolute atomic E-state index is 12.6. The van der Waals surface area contributed by atoms with Gasteiger partial charge in [0.1, 0.15) is 13.1 Å². The number of carboxylic acids is 2. The summed E-state index contributed by atoms with van der Waals surface area (Å²) in [6.45, 7) is 3.28. The number of carbonyl (C=O) groups is 4. The average Bonchev–Trinajstić information content (AvgIpc) is 2.86. The molecule has 1 aromatic carbocycles. The van der Waals surface area contributed by atoms with E-state index in [0.29, 0.717) is 29.9 Å². The third kappa shape index (κ3) is 17.2. The Bertz CT molecular complexity index is 823. The summed E-state index contributed by atoms with van der Waals surface area (Å²) in [5.41, 5.74) is 1.06. The van der Waals surface area contributed by atoms with Gasteiger partial charge < -0.3 is 25.7 Å². The van der Waals surface area contributed by atoms with Crippen molar-refractivity contribution in [1.82, 2.24) is 0 Å². The van der Waals surface area contributed by atoms with Crippen molar-refractivity contribution in [3.8, 4) is 0 Å². The molecule has 220 valence electrons. The number of hydrogen-bond donors (Lipinski definition) is 4. The van der Waals surface area contributed by atoms with Gasteiger partial charge in [0, 0.05) is 29.9 Å². The van der Waals surface area contributed by atoms with Gasteiger partial charge in [-0.3, -0.25) is 19.2 Å². The molecule has 0 atom stereocenters. The lowest BCUT2D eigenvalue weighted by molar-refractivity contribution is -0.136. The maximum Gasteiger partial charge on any atom is 0.323 e. The number of carboxylic acid groups (broad SMARTS) is 2. The highest BCUT2D eigenvalue weighted by atomic mass is 16.4. The first-order chi connectivity index (χ1) is 18.7. The molecule has 2 amide bonds. The standard InChI is InChI=1S/C30H49N3O6/c1-3-5-7-9-11-13-15-17-27(34)31-24-19-25(32-28(35)18-16-14-12-10-8-6-4-2)21-26(20-24)33(22-29(36)37)23-30(38)39/h19-21H,3-18,22-23H2,1-2H3,(H,31,34)(H,32,35)(H,36,37)(H,38,39). The summed E-state index contributed by atoms with van der Waals surface area (Å²) >= 11 is 0. The Hall–Kier alpha value is -3.10. The molecule has 0 aliphatic rings. The number of aliphatic carboxylic acids is 2. The van der Waals surface area contributed by atoms with E-state index in [0.717, 1.165) is 38.5 Å². The van der Waals surface area contributed by atoms with Crippen molar-refractivity contribution in [2.24, 2.45) is 0 Å². The topological polar surface area (TPSA) is 136 Å². The predicted molar refractivity (Wildman–Crippen MR) is 156 cm³/mol. The number of hydrogen-bond acceptors (Lipinski definition) is 5. The Morgan fingerprint density at radius 2 is 0.949 bits per heavy atom. The first kappa shape index (κ1) is 33.9. The number of nitrogens with zero attached hydrogens (tertiary/aromatic N) is 1. The summed E-state index contributed by atoms with van der Waals surface area (Å²) < 4.78 is 0. The molecule has 0 heterocycles. The van der Waals surface area contributed by atoms with Gasteiger partial charge in [-0.05, 0) is 31.0 Å². The average molecular weight is 548 g/mol. The zero-order chi connectivity index (χ0) is 28.9. The molecule has 0 aliphatic carbocycles. The van der Waals surface area contributed by atoms with Crippen LogP contribution in [0.3, 0.4) is 0 Å². The van der Waals surface area contributed by atoms with E-state index >= 15 is 0 Å². The minimum absolute atomic E-state index is 0.177. The second-order valence-corrected chi connectivity index (χ2v) is 10.3. The fourth-order valence-electron chi connectivity index (χ4n) is 4.44. The molecule has 0 unspecified atom stereocenters. The fraction of sp³-hybridized carbons (Fsp3) is 0.667. The number of nitrogens with one attached hydrogen (secondary N) is 2. The lowest BCUT2D eigenvalue weighted by Crippen LogP contribution is -2.34. The summed E-state index contributed by atoms with van der Waals surface area (Å²) in [6.07, 6.45) is 16.0. The molecule has 0 saturated carbocycles. The lowest BCUT2D eigenvalue weighted by Gasteiger charge is -2.22. The van der Waals surface area contributed by atoms with Crippen molar-refractivity contribution in [2.75, 3.05) is 28.6 Å². The van der Waals surface area contributed by atoms with E-state index in [4.69, 9.17) is 0 Å². The maximum atomic E-state index is 12.6. The predicted octanol–water partition coefficient (Wildman–Crippen LogP) is 6.82. The van der Waals surface area contributed by atoms with Crippen LogP contribution in [0.15, 0.2) is 18.2 Å². The lowest BCUT2D eigenvalue weighted by atomic mass is 10.1. The van der Waals surface area contributed by atoms with Crippen LogP contribution in [-0.4, -0.2) is 47.1 Å². The Balaban J connectivity index is 2.84. The summed E-state index contributed by atoms with van der Waals surface area (Å²) in [5.74, 6) is -2.73. The van der Waals surface area contributed by atoms with Gasteiger partial charge in [-0.2, -0.15) is 0 Å². The number of unbranched alkanes of at least 4 members (excludes halogenated alkanes) is 12. The van der Waals surface area contributed by atoms with Crippen LogP contribution < -0.4 is 15.5 Å². The van der Waals surface area contributed by atoms with E-state index in [2.05, 4.69) is 24.5 Å². The second-order valence-electron chi connectivity index (χ2n) is 10.3. The molecule has 4 N–H and O–H groups in total. The quantitative estimate of drug-likeness (QED) is 0.110. The van der Waals surface area contributed by atoms with E-state index in [1.165, 1.54) is 56.3 Å². The summed E-state index contributed by atoms with van der Waals surface area (Å²) in [6, 6.07) is 4.70. The van der Waals surface area contributed by atoms with Crippen LogP contribution >= 0.6 is 0 Å². The van der Waals surface area contributed by atoms with Gasteiger partial charge in [0.2, 0.25) is 11.8 Å². The molecule has 0 bridgehead atoms. The molecule has 9 nitrogen and oxygen atoms in total. The first-order valence-electron chi connectivity index (χ1n) is 14.7. The molecule has 0 fully saturated rings. The van der Waals surface area contributed by atoms with E-state index in [-0.39, 0.29) is 11.8 Å². The van der Waals surface area contributed by atoms with E-state index < -0.39 is 25.0 Å². The molecule has 1 aromatic rings. The van der Waals surface area contributed by atoms with Crippen LogP contribution in [0.5, 0.6) is 0 Å². The number of benzene rings is 1. The highest BCUT2D eigenvalue weighted by molar-refractivity contribution is 5.95. The number of carbonyl (C=O) groups excluding carboxylic acids is 2. The van der Waals surface area contributed by atoms with Gasteiger partial charge in [0.05, 0.1) is 0 Å². The van der Waals surface area contributed by atoms with E-state index in [1.54, 1.807) is 18.2 Å². The summed E-state index contributed by atoms with van der Waals surface area (Å²) in [4.78, 5) is 49.1. The fourth-order valence-corrected chi connectivity index (χ4v) is 4.44. The van der Waals surface area contributed by atoms with E-state index in [1.807, 2.05) is 0 Å². The molecule has 9 heteroatoms. The molecule has 39 heavy (non-hydrogen) atoms. The number of anilines is 3. The van der Waals surface area contributed by atoms with Crippen molar-refractivity contribution in [3.63, 3.8) is 0 Å². The first-order valence-corrected chi connectivity index (χ1v) is 14.7. The van der Waals surface area contributed by atoms with Crippen LogP contribution in [0.25, 0.3) is 0 Å². The monoisotopic (exact) mass is 547 g/mol. The van der Waals surface area contributed by atoms with E-state index in [9.17, 15) is 29.4 Å². The molecular weight excluding hydrogens is 498 g/mol. The molecule has 0 spiro atoms. The van der Waals surface area contributed by atoms with Crippen molar-refractivity contribution < 1.29 is 29.4 Å². The Morgan fingerprint density at radius 3 is 1.31 bits per heavy atom. The third-order valence-electron chi connectivity index (χ3n) is 6.52. The van der Waals surface area contributed by atoms with Gasteiger partial charge in [-0.25, -0.2) is 0 Å². The van der Waals surface area contributed by atoms with Gasteiger partial charge >= 0.3 is 11.9 Å². The van der Waals surface area contributed by atoms with Gasteiger partial charge in [-0.1, -0.05) is 90.9 Å². The third-order valence-corrected chi connectivity index (χ3v) is 6.52. The molecule has 0 radical (unpaired) electrons. The smallest absolute Gasteiger partial charge is 0.323 e. The summed E-state index contributed by atoms with van der Waals surface area (Å²) in [5, 5.41) is 24.2. The van der Waals surface area contributed by atoms with Crippen LogP contribution in [0.4, 0.5) is 17.1 Å². The highest BCUT2D eigenvalue weighted by Gasteiger charge is 2.17. The highest BCUT2D eigenvalue weighted by Crippen LogP contribution is 2.27. The van der Waals surface area contributed by atoms with Crippen molar-refractivity contribution >= 4 is 40.8 Å². The number of rotatable bonds is 23. The van der Waals surface area contributed by atoms with Gasteiger partial charge in [-0.15, -0.1) is 0 Å². The molecule has 1 rings (SSSR count). The number of amides is 2. The summed E-state index contributed by atoms with van der Waals surface area (Å²) in [7, 11) is 0. The van der Waals surface area contributed by atoms with Crippen LogP contribution in [0.1, 0.15) is 117 Å². The minimum Gasteiger partial charge on any atom is -0.480 e. The van der Waals surface area contributed by atoms with Crippen molar-refractivity contribution in [3.05, 3.63) is 18.2 Å². The Kier molecular flexibility index (Phi) is 18.1. The SMILES string of the molecule is CCCCCCCCCC(=O)Nc1cc(NC(=O)CCCCCCCCC)cc(N(CC(=O)O)CC(=O)O)c1. The Morgan fingerprint density at radius 1 is 0.590 bits per heavy atom. The zero-order valence-corrected chi connectivity index (χ0v) is 23.9. The molecular formula is C30H49N3O6. The second kappa shape index (κ2) is 20.8. The molecule has 0 saturated heterocycles. The van der Waals surface area contributed by atoms with Gasteiger partial charge in [0.15, 0.2) is 0 Å². The van der Waals surface area contributed by atoms with Gasteiger partial charge in [0.25, 0.3) is 0 Å². The van der Waals surface area contributed by atoms with Crippen molar-refractivity contribution in [1.29, 1.82) is 0 Å². The zero-order valence-electron chi connectivity index (χ0n) is 23.9. The Labute approximate surface area is 233 Å². The van der Waals surface area contributed by atoms with Crippen molar-refractivity contribution in [2.45, 2.75) is 117 Å². The minimum atomic E-state index is -1.19. The molecule has 0 aliphatic heterocycles. The largest absolute Gasteiger partial charge is 0.480 e. The van der Waals surface area contributed by atoms with Crippen LogP contribution in [-0.2, 0) is 19.2 Å².